The first-order chi connectivity index (χ1) is 6.31. The summed E-state index contributed by atoms with van der Waals surface area (Å²) in [5.41, 5.74) is 2.79. The molecule has 4 heteroatoms. The molecule has 0 spiro atoms. The maximum atomic E-state index is 11.1. The molecule has 0 saturated carbocycles. The van der Waals surface area contributed by atoms with Crippen LogP contribution in [0, 0.1) is 0 Å². The van der Waals surface area contributed by atoms with Gasteiger partial charge in [-0.25, -0.2) is 5.90 Å². The van der Waals surface area contributed by atoms with Crippen molar-refractivity contribution >= 4 is 11.6 Å². The average molecular weight is 178 g/mol. The van der Waals surface area contributed by atoms with Gasteiger partial charge in [0.15, 0.2) is 0 Å². The van der Waals surface area contributed by atoms with Gasteiger partial charge in [0.1, 0.15) is 0 Å². The zero-order valence-corrected chi connectivity index (χ0v) is 7.04. The molecule has 0 unspecified atom stereocenters. The van der Waals surface area contributed by atoms with Gasteiger partial charge < -0.3 is 5.32 Å². The average Bonchev–Trinajstić information content (AvgIpc) is 2.47. The third-order valence-corrected chi connectivity index (χ3v) is 2.09. The summed E-state index contributed by atoms with van der Waals surface area (Å²) < 4.78 is 0. The Morgan fingerprint density at radius 2 is 2.38 bits per heavy atom. The molecule has 3 N–H and O–H groups in total. The molecule has 1 amide bonds. The molecule has 2 rings (SSSR count). The van der Waals surface area contributed by atoms with Gasteiger partial charge in [-0.15, -0.1) is 0 Å². The van der Waals surface area contributed by atoms with Crippen LogP contribution < -0.4 is 11.2 Å². The zero-order valence-electron chi connectivity index (χ0n) is 7.04. The van der Waals surface area contributed by atoms with Gasteiger partial charge >= 0.3 is 0 Å². The molecule has 4 nitrogen and oxygen atoms in total. The smallest absolute Gasteiger partial charge is 0.228 e. The molecule has 0 bridgehead atoms. The number of fused-ring (bicyclic) bond motifs is 1. The predicted octanol–water partition coefficient (Wildman–Crippen LogP) is 0.571. The third-order valence-electron chi connectivity index (χ3n) is 2.09. The van der Waals surface area contributed by atoms with Gasteiger partial charge in [-0.2, -0.15) is 0 Å². The van der Waals surface area contributed by atoms with E-state index in [1.54, 1.807) is 0 Å². The van der Waals surface area contributed by atoms with Crippen LogP contribution in [0.25, 0.3) is 0 Å². The summed E-state index contributed by atoms with van der Waals surface area (Å²) in [4.78, 5) is 15.6. The molecule has 0 aliphatic carbocycles. The molecular formula is C9H10N2O2. The van der Waals surface area contributed by atoms with E-state index in [9.17, 15) is 4.79 Å². The third kappa shape index (κ3) is 1.41. The number of hydrogen-bond acceptors (Lipinski definition) is 3. The van der Waals surface area contributed by atoms with Crippen molar-refractivity contribution in [2.24, 2.45) is 5.90 Å². The summed E-state index contributed by atoms with van der Waals surface area (Å²) in [6.45, 7) is 0.323. The molecule has 1 aromatic rings. The quantitative estimate of drug-likeness (QED) is 0.651. The molecule has 1 aliphatic rings. The van der Waals surface area contributed by atoms with Crippen molar-refractivity contribution in [3.8, 4) is 0 Å². The number of anilines is 1. The molecule has 1 heterocycles. The molecular weight excluding hydrogens is 168 g/mol. The van der Waals surface area contributed by atoms with Crippen LogP contribution >= 0.6 is 0 Å². The monoisotopic (exact) mass is 178 g/mol. The van der Waals surface area contributed by atoms with Crippen molar-refractivity contribution in [3.63, 3.8) is 0 Å². The second-order valence-electron chi connectivity index (χ2n) is 2.99. The fourth-order valence-electron chi connectivity index (χ4n) is 1.53. The fraction of sp³-hybridized carbons (Fsp3) is 0.222. The minimum absolute atomic E-state index is 0.0273. The van der Waals surface area contributed by atoms with E-state index in [0.29, 0.717) is 13.0 Å². The van der Waals surface area contributed by atoms with Gasteiger partial charge in [-0.05, 0) is 5.56 Å². The molecule has 0 aromatic heterocycles. The second kappa shape index (κ2) is 3.16. The van der Waals surface area contributed by atoms with Crippen LogP contribution in [0.1, 0.15) is 11.1 Å². The Balaban J connectivity index is 2.39. The van der Waals surface area contributed by atoms with Crippen molar-refractivity contribution in [1.82, 2.24) is 0 Å². The Labute approximate surface area is 75.6 Å². The summed E-state index contributed by atoms with van der Waals surface area (Å²) >= 11 is 0. The zero-order chi connectivity index (χ0) is 9.26. The van der Waals surface area contributed by atoms with Crippen LogP contribution in [0.15, 0.2) is 18.2 Å². The highest BCUT2D eigenvalue weighted by atomic mass is 16.6. The number of hydrogen-bond donors (Lipinski definition) is 2. The van der Waals surface area contributed by atoms with Crippen LogP contribution in [0.5, 0.6) is 0 Å². The summed E-state index contributed by atoms with van der Waals surface area (Å²) in [6.07, 6.45) is 0.452. The van der Waals surface area contributed by atoms with Crippen LogP contribution in [-0.4, -0.2) is 5.91 Å². The predicted molar refractivity (Wildman–Crippen MR) is 47.8 cm³/mol. The Hall–Kier alpha value is -1.39. The van der Waals surface area contributed by atoms with E-state index in [2.05, 4.69) is 10.2 Å². The Bertz CT molecular complexity index is 349. The Morgan fingerprint density at radius 1 is 1.54 bits per heavy atom. The normalized spacial score (nSPS) is 14.1. The molecule has 0 radical (unpaired) electrons. The van der Waals surface area contributed by atoms with Gasteiger partial charge in [0.05, 0.1) is 18.7 Å². The lowest BCUT2D eigenvalue weighted by Crippen LogP contribution is -2.06. The van der Waals surface area contributed by atoms with Crippen molar-refractivity contribution in [2.45, 2.75) is 13.0 Å². The lowest BCUT2D eigenvalue weighted by atomic mass is 10.1. The summed E-state index contributed by atoms with van der Waals surface area (Å²) in [7, 11) is 0. The first kappa shape index (κ1) is 8.22. The maximum Gasteiger partial charge on any atom is 0.228 e. The lowest BCUT2D eigenvalue weighted by Gasteiger charge is -2.05. The van der Waals surface area contributed by atoms with Gasteiger partial charge in [-0.3, -0.25) is 9.63 Å². The standard InChI is InChI=1S/C9H10N2O2/c10-13-5-7-3-1-2-6-4-8(12)11-9(6)7/h1-3H,4-5,10H2,(H,11,12). The van der Waals surface area contributed by atoms with E-state index in [-0.39, 0.29) is 5.91 Å². The van der Waals surface area contributed by atoms with Crippen LogP contribution in [-0.2, 0) is 22.7 Å². The number of rotatable bonds is 2. The number of carbonyl (C=O) groups is 1. The van der Waals surface area contributed by atoms with Crippen molar-refractivity contribution < 1.29 is 9.63 Å². The van der Waals surface area contributed by atoms with Gasteiger partial charge in [0.25, 0.3) is 0 Å². The molecule has 1 aromatic carbocycles. The Morgan fingerprint density at radius 3 is 3.15 bits per heavy atom. The highest BCUT2D eigenvalue weighted by Crippen LogP contribution is 2.27. The van der Waals surface area contributed by atoms with E-state index in [4.69, 9.17) is 5.90 Å². The van der Waals surface area contributed by atoms with Gasteiger partial charge in [-0.1, -0.05) is 18.2 Å². The summed E-state index contributed by atoms with van der Waals surface area (Å²) in [5.74, 6) is 5.00. The van der Waals surface area contributed by atoms with E-state index in [1.165, 1.54) is 0 Å². The largest absolute Gasteiger partial charge is 0.325 e. The molecule has 0 saturated heterocycles. The van der Waals surface area contributed by atoms with Crippen molar-refractivity contribution in [3.05, 3.63) is 29.3 Å². The summed E-state index contributed by atoms with van der Waals surface area (Å²) in [5, 5.41) is 2.78. The summed E-state index contributed by atoms with van der Waals surface area (Å²) in [6, 6.07) is 5.71. The number of nitrogens with two attached hydrogens (primary N) is 1. The van der Waals surface area contributed by atoms with Crippen molar-refractivity contribution in [2.75, 3.05) is 5.32 Å². The number of nitrogens with one attached hydrogen (secondary N) is 1. The van der Waals surface area contributed by atoms with Gasteiger partial charge in [0, 0.05) is 5.56 Å². The number of para-hydroxylation sites is 1. The number of amides is 1. The fourth-order valence-corrected chi connectivity index (χ4v) is 1.53. The minimum atomic E-state index is 0.0273. The highest BCUT2D eigenvalue weighted by Gasteiger charge is 2.19. The van der Waals surface area contributed by atoms with E-state index in [0.717, 1.165) is 16.8 Å². The molecule has 13 heavy (non-hydrogen) atoms. The molecule has 0 fully saturated rings. The van der Waals surface area contributed by atoms with E-state index in [1.807, 2.05) is 18.2 Å². The second-order valence-corrected chi connectivity index (χ2v) is 2.99. The molecule has 0 atom stereocenters. The topological polar surface area (TPSA) is 64.3 Å². The van der Waals surface area contributed by atoms with Crippen LogP contribution in [0.2, 0.25) is 0 Å². The van der Waals surface area contributed by atoms with Crippen LogP contribution in [0.3, 0.4) is 0 Å². The molecule has 1 aliphatic heterocycles. The molecule has 68 valence electrons. The first-order valence-corrected chi connectivity index (χ1v) is 4.03. The maximum absolute atomic E-state index is 11.1. The minimum Gasteiger partial charge on any atom is -0.325 e. The van der Waals surface area contributed by atoms with Crippen molar-refractivity contribution in [1.29, 1.82) is 0 Å². The van der Waals surface area contributed by atoms with E-state index >= 15 is 0 Å². The van der Waals surface area contributed by atoms with Crippen LogP contribution in [0.4, 0.5) is 5.69 Å². The Kier molecular flexibility index (Phi) is 2.00. The number of benzene rings is 1. The SMILES string of the molecule is NOCc1cccc2c1NC(=O)C2. The lowest BCUT2D eigenvalue weighted by molar-refractivity contribution is -0.115. The number of carbonyl (C=O) groups excluding carboxylic acids is 1. The van der Waals surface area contributed by atoms with E-state index < -0.39 is 0 Å². The van der Waals surface area contributed by atoms with Gasteiger partial charge in [0.2, 0.25) is 5.91 Å². The highest BCUT2D eigenvalue weighted by molar-refractivity contribution is 5.99. The first-order valence-electron chi connectivity index (χ1n) is 4.03.